The maximum Gasteiger partial charge on any atom is 0.0380 e. The van der Waals surface area contributed by atoms with E-state index in [2.05, 4.69) is 29.1 Å². The predicted octanol–water partition coefficient (Wildman–Crippen LogP) is 1.79. The third-order valence-corrected chi connectivity index (χ3v) is 6.02. The monoisotopic (exact) mass is 265 g/mol. The number of nitrogens with zero attached hydrogens (tertiary/aromatic N) is 2. The topological polar surface area (TPSA) is 18.5 Å². The largest absolute Gasteiger partial charge is 0.315 e. The third-order valence-electron chi connectivity index (χ3n) is 6.02. The zero-order chi connectivity index (χ0) is 13.2. The molecule has 4 fully saturated rings. The van der Waals surface area contributed by atoms with Gasteiger partial charge in [-0.05, 0) is 25.3 Å². The molecule has 1 aliphatic carbocycles. The van der Waals surface area contributed by atoms with Crippen LogP contribution in [0.4, 0.5) is 0 Å². The predicted molar refractivity (Wildman–Crippen MR) is 80.4 cm³/mol. The lowest BCUT2D eigenvalue weighted by Gasteiger charge is -2.53. The highest BCUT2D eigenvalue weighted by molar-refractivity contribution is 4.98. The van der Waals surface area contributed by atoms with Crippen LogP contribution in [0.3, 0.4) is 0 Å². The van der Waals surface area contributed by atoms with Crippen molar-refractivity contribution in [3.63, 3.8) is 0 Å². The van der Waals surface area contributed by atoms with Crippen molar-refractivity contribution in [2.45, 2.75) is 51.1 Å². The van der Waals surface area contributed by atoms with E-state index in [-0.39, 0.29) is 0 Å². The van der Waals surface area contributed by atoms with E-state index in [0.29, 0.717) is 6.04 Å². The lowest BCUT2D eigenvalue weighted by atomic mass is 9.71. The molecule has 4 unspecified atom stereocenters. The molecule has 4 aliphatic rings. The number of likely N-dealkylation sites (N-methyl/N-ethyl adjacent to an activating group) is 1. The van der Waals surface area contributed by atoms with Gasteiger partial charge in [0.25, 0.3) is 0 Å². The molecule has 0 aromatic rings. The summed E-state index contributed by atoms with van der Waals surface area (Å²) >= 11 is 0. The molecule has 1 N–H and O–H groups in total. The fourth-order valence-electron chi connectivity index (χ4n) is 4.91. The average Bonchev–Trinajstić information content (AvgIpc) is 2.50. The van der Waals surface area contributed by atoms with Crippen molar-refractivity contribution in [1.82, 2.24) is 15.1 Å². The highest BCUT2D eigenvalue weighted by Gasteiger charge is 2.41. The molecule has 110 valence electrons. The summed E-state index contributed by atoms with van der Waals surface area (Å²) in [4.78, 5) is 5.45. The fourth-order valence-corrected chi connectivity index (χ4v) is 4.91. The first kappa shape index (κ1) is 13.8. The quantitative estimate of drug-likeness (QED) is 0.836. The Morgan fingerprint density at radius 1 is 1.11 bits per heavy atom. The Morgan fingerprint density at radius 3 is 2.42 bits per heavy atom. The van der Waals surface area contributed by atoms with Crippen LogP contribution in [0, 0.1) is 11.8 Å². The van der Waals surface area contributed by atoms with Crippen LogP contribution in [0.1, 0.15) is 39.0 Å². The summed E-state index contributed by atoms with van der Waals surface area (Å²) in [5.74, 6) is 1.87. The van der Waals surface area contributed by atoms with E-state index >= 15 is 0 Å². The van der Waals surface area contributed by atoms with Gasteiger partial charge in [0.15, 0.2) is 0 Å². The molecule has 4 atom stereocenters. The number of rotatable bonds is 4. The van der Waals surface area contributed by atoms with Gasteiger partial charge in [-0.25, -0.2) is 0 Å². The normalized spacial score (nSPS) is 44.2. The summed E-state index contributed by atoms with van der Waals surface area (Å²) in [5, 5.41) is 3.72. The number of hydrogen-bond acceptors (Lipinski definition) is 3. The van der Waals surface area contributed by atoms with Crippen LogP contribution in [0.25, 0.3) is 0 Å². The van der Waals surface area contributed by atoms with Gasteiger partial charge in [0.2, 0.25) is 0 Å². The summed E-state index contributed by atoms with van der Waals surface area (Å²) in [6.07, 6.45) is 7.21. The summed E-state index contributed by atoms with van der Waals surface area (Å²) in [6, 6.07) is 1.48. The highest BCUT2D eigenvalue weighted by Crippen LogP contribution is 2.37. The van der Waals surface area contributed by atoms with Crippen LogP contribution in [0.15, 0.2) is 0 Å². The molecule has 2 bridgehead atoms. The minimum Gasteiger partial charge on any atom is -0.315 e. The molecule has 3 nitrogen and oxygen atoms in total. The van der Waals surface area contributed by atoms with Gasteiger partial charge in [0.05, 0.1) is 0 Å². The van der Waals surface area contributed by atoms with Gasteiger partial charge in [-0.3, -0.25) is 9.80 Å². The molecule has 0 aromatic carbocycles. The van der Waals surface area contributed by atoms with Crippen LogP contribution in [0.2, 0.25) is 0 Å². The van der Waals surface area contributed by atoms with Crippen molar-refractivity contribution >= 4 is 0 Å². The molecule has 0 spiro atoms. The van der Waals surface area contributed by atoms with Crippen LogP contribution < -0.4 is 5.32 Å². The Balaban J connectivity index is 1.72. The zero-order valence-corrected chi connectivity index (χ0v) is 12.8. The Labute approximate surface area is 118 Å². The number of nitrogens with one attached hydrogen (secondary N) is 1. The smallest absolute Gasteiger partial charge is 0.0380 e. The van der Waals surface area contributed by atoms with Crippen LogP contribution >= 0.6 is 0 Å². The molecule has 0 amide bonds. The highest BCUT2D eigenvalue weighted by atomic mass is 15.4. The van der Waals surface area contributed by atoms with E-state index in [0.717, 1.165) is 17.9 Å². The van der Waals surface area contributed by atoms with Gasteiger partial charge in [0, 0.05) is 44.8 Å². The fraction of sp³-hybridized carbons (Fsp3) is 1.00. The first-order valence-corrected chi connectivity index (χ1v) is 8.47. The SMILES string of the molecule is CCC1CCCCC1C(NC)C1CN2CCN1CC2. The summed E-state index contributed by atoms with van der Waals surface area (Å²) < 4.78 is 0. The lowest BCUT2D eigenvalue weighted by molar-refractivity contribution is -0.0220. The van der Waals surface area contributed by atoms with Crippen molar-refractivity contribution in [3.8, 4) is 0 Å². The Kier molecular flexibility index (Phi) is 4.45. The van der Waals surface area contributed by atoms with E-state index in [1.165, 1.54) is 64.8 Å². The first-order chi connectivity index (χ1) is 9.33. The van der Waals surface area contributed by atoms with Crippen molar-refractivity contribution in [2.24, 2.45) is 11.8 Å². The van der Waals surface area contributed by atoms with Gasteiger partial charge in [-0.1, -0.05) is 32.6 Å². The second-order valence-electron chi connectivity index (χ2n) is 6.84. The molecule has 1 saturated carbocycles. The number of fused-ring (bicyclic) bond motifs is 3. The van der Waals surface area contributed by atoms with E-state index in [1.807, 2.05) is 0 Å². The Hall–Kier alpha value is -0.120. The van der Waals surface area contributed by atoms with Crippen LogP contribution in [-0.4, -0.2) is 61.7 Å². The van der Waals surface area contributed by atoms with Crippen LogP contribution in [-0.2, 0) is 0 Å². The second kappa shape index (κ2) is 6.11. The maximum absolute atomic E-state index is 3.72. The van der Waals surface area contributed by atoms with Gasteiger partial charge in [-0.2, -0.15) is 0 Å². The van der Waals surface area contributed by atoms with Crippen LogP contribution in [0.5, 0.6) is 0 Å². The number of piperazine rings is 3. The van der Waals surface area contributed by atoms with Gasteiger partial charge >= 0.3 is 0 Å². The zero-order valence-electron chi connectivity index (χ0n) is 12.8. The Morgan fingerprint density at radius 2 is 1.84 bits per heavy atom. The van der Waals surface area contributed by atoms with Crippen molar-refractivity contribution < 1.29 is 0 Å². The lowest BCUT2D eigenvalue weighted by Crippen LogP contribution is -2.67. The molecule has 0 aromatic heterocycles. The van der Waals surface area contributed by atoms with E-state index < -0.39 is 0 Å². The molecule has 0 radical (unpaired) electrons. The van der Waals surface area contributed by atoms with Crippen molar-refractivity contribution in [1.29, 1.82) is 0 Å². The van der Waals surface area contributed by atoms with Crippen molar-refractivity contribution in [2.75, 3.05) is 39.8 Å². The molecule has 3 heteroatoms. The molecule has 3 heterocycles. The molecule has 4 rings (SSSR count). The van der Waals surface area contributed by atoms with E-state index in [4.69, 9.17) is 0 Å². The van der Waals surface area contributed by atoms with Gasteiger partial charge in [0.1, 0.15) is 0 Å². The molecule has 3 aliphatic heterocycles. The molecule has 3 saturated heterocycles. The van der Waals surface area contributed by atoms with Gasteiger partial charge < -0.3 is 5.32 Å². The summed E-state index contributed by atoms with van der Waals surface area (Å²) in [7, 11) is 2.20. The van der Waals surface area contributed by atoms with Gasteiger partial charge in [-0.15, -0.1) is 0 Å². The van der Waals surface area contributed by atoms with E-state index in [1.54, 1.807) is 0 Å². The molecular weight excluding hydrogens is 234 g/mol. The second-order valence-corrected chi connectivity index (χ2v) is 6.84. The standard InChI is InChI=1S/C16H31N3/c1-3-13-6-4-5-7-14(13)16(17-2)15-12-18-8-10-19(15)11-9-18/h13-17H,3-12H2,1-2H3. The first-order valence-electron chi connectivity index (χ1n) is 8.47. The summed E-state index contributed by atoms with van der Waals surface area (Å²) in [5.41, 5.74) is 0. The molecule has 19 heavy (non-hydrogen) atoms. The third kappa shape index (κ3) is 2.70. The van der Waals surface area contributed by atoms with E-state index in [9.17, 15) is 0 Å². The maximum atomic E-state index is 3.72. The number of hydrogen-bond donors (Lipinski definition) is 1. The minimum absolute atomic E-state index is 0.716. The minimum atomic E-state index is 0.716. The summed E-state index contributed by atoms with van der Waals surface area (Å²) in [6.45, 7) is 8.90. The van der Waals surface area contributed by atoms with Crippen molar-refractivity contribution in [3.05, 3.63) is 0 Å². The molecular formula is C16H31N3. The average molecular weight is 265 g/mol. The Bertz CT molecular complexity index is 279.